The Hall–Kier alpha value is -2.24. The number of hydrogen-bond donors (Lipinski definition) is 0. The fraction of sp³-hybridized carbons (Fsp3) is 0.286. The Labute approximate surface area is 195 Å². The van der Waals surface area contributed by atoms with Crippen LogP contribution in [0.4, 0.5) is 0 Å². The van der Waals surface area contributed by atoms with E-state index in [0.29, 0.717) is 53.6 Å². The van der Waals surface area contributed by atoms with Crippen molar-refractivity contribution in [1.29, 1.82) is 0 Å². The lowest BCUT2D eigenvalue weighted by Gasteiger charge is -2.26. The Bertz CT molecular complexity index is 1240. The van der Waals surface area contributed by atoms with E-state index in [2.05, 4.69) is 10.2 Å². The maximum absolute atomic E-state index is 13.1. The van der Waals surface area contributed by atoms with Crippen LogP contribution in [0.1, 0.15) is 6.92 Å². The molecule has 4 rings (SSSR count). The van der Waals surface area contributed by atoms with Gasteiger partial charge in [-0.3, -0.25) is 9.36 Å². The van der Waals surface area contributed by atoms with E-state index in [-0.39, 0.29) is 16.4 Å². The molecule has 0 amide bonds. The van der Waals surface area contributed by atoms with Crippen LogP contribution >= 0.6 is 23.4 Å². The van der Waals surface area contributed by atoms with Gasteiger partial charge >= 0.3 is 0 Å². The number of rotatable bonds is 7. The van der Waals surface area contributed by atoms with Crippen molar-refractivity contribution < 1.29 is 17.9 Å². The number of morpholine rings is 1. The first-order valence-corrected chi connectivity index (χ1v) is 12.7. The largest absolute Gasteiger partial charge is 0.379 e. The van der Waals surface area contributed by atoms with E-state index in [9.17, 15) is 13.2 Å². The van der Waals surface area contributed by atoms with Gasteiger partial charge in [-0.05, 0) is 31.2 Å². The van der Waals surface area contributed by atoms with Gasteiger partial charge in [-0.25, -0.2) is 8.42 Å². The lowest BCUT2D eigenvalue weighted by atomic mass is 10.2. The van der Waals surface area contributed by atoms with E-state index in [1.165, 1.54) is 23.0 Å². The van der Waals surface area contributed by atoms with Crippen LogP contribution in [0.25, 0.3) is 17.1 Å². The fourth-order valence-corrected chi connectivity index (χ4v) is 5.72. The van der Waals surface area contributed by atoms with Gasteiger partial charge in [0, 0.05) is 18.7 Å². The van der Waals surface area contributed by atoms with Crippen LogP contribution in [0.2, 0.25) is 5.02 Å². The van der Waals surface area contributed by atoms with Crippen molar-refractivity contribution >= 4 is 39.2 Å². The molecule has 32 heavy (non-hydrogen) atoms. The predicted octanol–water partition coefficient (Wildman–Crippen LogP) is 3.29. The Morgan fingerprint density at radius 1 is 1.12 bits per heavy atom. The number of carbonyl (C=O) groups excluding carboxylic acids is 1. The van der Waals surface area contributed by atoms with Crippen LogP contribution in [-0.4, -0.2) is 65.3 Å². The van der Waals surface area contributed by atoms with E-state index in [4.69, 9.17) is 16.3 Å². The summed E-state index contributed by atoms with van der Waals surface area (Å²) in [5.41, 5.74) is 1.21. The van der Waals surface area contributed by atoms with E-state index >= 15 is 0 Å². The molecule has 0 unspecified atom stereocenters. The minimum atomic E-state index is -3.67. The van der Waals surface area contributed by atoms with Crippen molar-refractivity contribution in [3.63, 3.8) is 0 Å². The molecule has 3 aromatic rings. The van der Waals surface area contributed by atoms with Gasteiger partial charge in [0.15, 0.2) is 11.0 Å². The first-order valence-electron chi connectivity index (χ1n) is 9.89. The highest BCUT2D eigenvalue weighted by atomic mass is 35.5. The zero-order valence-corrected chi connectivity index (χ0v) is 19.7. The summed E-state index contributed by atoms with van der Waals surface area (Å²) in [7, 11) is -3.67. The van der Waals surface area contributed by atoms with E-state index < -0.39 is 10.0 Å². The molecule has 1 saturated heterocycles. The van der Waals surface area contributed by atoms with Gasteiger partial charge in [0.05, 0.1) is 34.6 Å². The number of hydrogen-bond acceptors (Lipinski definition) is 7. The SMILES string of the molecule is CC(=O)CSc1nnc(-c2cccc(S(=O)(=O)N3CCOCC3)c2)n1-c1ccccc1Cl. The number of sulfonamides is 1. The molecule has 0 N–H and O–H groups in total. The molecule has 168 valence electrons. The summed E-state index contributed by atoms with van der Waals surface area (Å²) in [4.78, 5) is 11.7. The molecule has 1 aromatic heterocycles. The summed E-state index contributed by atoms with van der Waals surface area (Å²) in [5.74, 6) is 0.667. The topological polar surface area (TPSA) is 94.4 Å². The molecule has 8 nitrogen and oxygen atoms in total. The summed E-state index contributed by atoms with van der Waals surface area (Å²) in [6, 6.07) is 13.8. The van der Waals surface area contributed by atoms with Crippen LogP contribution in [0.3, 0.4) is 0 Å². The van der Waals surface area contributed by atoms with E-state index in [1.807, 2.05) is 18.2 Å². The minimum Gasteiger partial charge on any atom is -0.379 e. The summed E-state index contributed by atoms with van der Waals surface area (Å²) >= 11 is 7.70. The number of benzene rings is 2. The third-order valence-corrected chi connectivity index (χ3v) is 8.12. The predicted molar refractivity (Wildman–Crippen MR) is 123 cm³/mol. The molecule has 1 fully saturated rings. The van der Waals surface area contributed by atoms with Crippen LogP contribution in [0.15, 0.2) is 58.6 Å². The van der Waals surface area contributed by atoms with Gasteiger partial charge in [0.25, 0.3) is 0 Å². The highest BCUT2D eigenvalue weighted by Gasteiger charge is 2.27. The second-order valence-electron chi connectivity index (χ2n) is 7.13. The molecule has 11 heteroatoms. The van der Waals surface area contributed by atoms with Gasteiger partial charge < -0.3 is 4.74 Å². The monoisotopic (exact) mass is 492 g/mol. The van der Waals surface area contributed by atoms with Gasteiger partial charge in [0.1, 0.15) is 5.78 Å². The molecule has 2 heterocycles. The Kier molecular flexibility index (Phi) is 6.96. The number of halogens is 1. The molecular formula is C21H21ClN4O4S2. The van der Waals surface area contributed by atoms with Crippen molar-refractivity contribution in [2.45, 2.75) is 17.0 Å². The molecular weight excluding hydrogens is 472 g/mol. The molecule has 2 aromatic carbocycles. The maximum Gasteiger partial charge on any atom is 0.243 e. The Morgan fingerprint density at radius 3 is 2.59 bits per heavy atom. The van der Waals surface area contributed by atoms with E-state index in [0.717, 1.165) is 0 Å². The number of thioether (sulfide) groups is 1. The molecule has 1 aliphatic heterocycles. The van der Waals surface area contributed by atoms with Gasteiger partial charge in [-0.1, -0.05) is 47.6 Å². The van der Waals surface area contributed by atoms with Gasteiger partial charge in [0.2, 0.25) is 10.0 Å². The van der Waals surface area contributed by atoms with Crippen LogP contribution in [0.5, 0.6) is 0 Å². The molecule has 0 atom stereocenters. The molecule has 0 spiro atoms. The highest BCUT2D eigenvalue weighted by molar-refractivity contribution is 7.99. The molecule has 0 aliphatic carbocycles. The van der Waals surface area contributed by atoms with Gasteiger partial charge in [-0.15, -0.1) is 10.2 Å². The summed E-state index contributed by atoms with van der Waals surface area (Å²) < 4.78 is 34.7. The van der Waals surface area contributed by atoms with Crippen LogP contribution in [-0.2, 0) is 19.6 Å². The second kappa shape index (κ2) is 9.72. The highest BCUT2D eigenvalue weighted by Crippen LogP contribution is 2.32. The third kappa shape index (κ3) is 4.74. The minimum absolute atomic E-state index is 0.00357. The number of ether oxygens (including phenoxy) is 1. The lowest BCUT2D eigenvalue weighted by molar-refractivity contribution is -0.114. The summed E-state index contributed by atoms with van der Waals surface area (Å²) in [5, 5.41) is 9.54. The normalized spacial score (nSPS) is 15.1. The smallest absolute Gasteiger partial charge is 0.243 e. The summed E-state index contributed by atoms with van der Waals surface area (Å²) in [6.45, 7) is 2.87. The Balaban J connectivity index is 1.79. The molecule has 0 bridgehead atoms. The number of para-hydroxylation sites is 1. The number of carbonyl (C=O) groups is 1. The maximum atomic E-state index is 13.1. The summed E-state index contributed by atoms with van der Waals surface area (Å²) in [6.07, 6.45) is 0. The zero-order valence-electron chi connectivity index (χ0n) is 17.3. The number of ketones is 1. The van der Waals surface area contributed by atoms with Crippen molar-refractivity contribution in [1.82, 2.24) is 19.1 Å². The Morgan fingerprint density at radius 2 is 1.88 bits per heavy atom. The van der Waals surface area contributed by atoms with Crippen molar-refractivity contribution in [2.75, 3.05) is 32.1 Å². The van der Waals surface area contributed by atoms with E-state index in [1.54, 1.807) is 34.9 Å². The molecule has 0 radical (unpaired) electrons. The van der Waals surface area contributed by atoms with Crippen molar-refractivity contribution in [2.24, 2.45) is 0 Å². The van der Waals surface area contributed by atoms with Gasteiger partial charge in [-0.2, -0.15) is 4.31 Å². The molecule has 0 saturated carbocycles. The number of nitrogens with zero attached hydrogens (tertiary/aromatic N) is 4. The van der Waals surface area contributed by atoms with Crippen molar-refractivity contribution in [3.05, 3.63) is 53.6 Å². The fourth-order valence-electron chi connectivity index (χ4n) is 3.30. The second-order valence-corrected chi connectivity index (χ2v) is 10.4. The van der Waals surface area contributed by atoms with Crippen LogP contribution in [0, 0.1) is 0 Å². The average molecular weight is 493 g/mol. The average Bonchev–Trinajstić information content (AvgIpc) is 3.22. The lowest BCUT2D eigenvalue weighted by Crippen LogP contribution is -2.40. The number of aromatic nitrogens is 3. The first-order chi connectivity index (χ1) is 15.4. The van der Waals surface area contributed by atoms with Crippen molar-refractivity contribution in [3.8, 4) is 17.1 Å². The molecule has 1 aliphatic rings. The zero-order chi connectivity index (χ0) is 22.7. The standard InChI is InChI=1S/C21H21ClN4O4S2/c1-15(27)14-31-21-24-23-20(26(21)19-8-3-2-7-18(19)22)16-5-4-6-17(13-16)32(28,29)25-9-11-30-12-10-25/h2-8,13H,9-12,14H2,1H3. The first kappa shape index (κ1) is 22.9. The van der Waals surface area contributed by atoms with Crippen LogP contribution < -0.4 is 0 Å². The number of Topliss-reactive ketones (excluding diaryl/α,β-unsaturated/α-hetero) is 1. The quantitative estimate of drug-likeness (QED) is 0.467. The third-order valence-electron chi connectivity index (χ3n) is 4.83.